The Morgan fingerprint density at radius 1 is 0.943 bits per heavy atom. The first-order valence-electron chi connectivity index (χ1n) is 10.8. The molecule has 0 bridgehead atoms. The van der Waals surface area contributed by atoms with Crippen LogP contribution in [-0.2, 0) is 24.3 Å². The van der Waals surface area contributed by atoms with Gasteiger partial charge in [-0.15, -0.1) is 0 Å². The molecule has 0 aliphatic heterocycles. The van der Waals surface area contributed by atoms with Crippen LogP contribution in [0.2, 0.25) is 5.02 Å². The van der Waals surface area contributed by atoms with Crippen molar-refractivity contribution in [3.63, 3.8) is 0 Å². The SMILES string of the molecule is Nc1c(N(Cc2ccccc2)C(=O)Cc2c(F)cccc2Cl)c(=O)[nH]c(=O)n1Cc1ccccc1. The van der Waals surface area contributed by atoms with Crippen molar-refractivity contribution < 1.29 is 9.18 Å². The number of halogens is 2. The van der Waals surface area contributed by atoms with Crippen molar-refractivity contribution in [2.24, 2.45) is 0 Å². The number of aromatic amines is 1. The van der Waals surface area contributed by atoms with Crippen LogP contribution in [0.15, 0.2) is 88.5 Å². The van der Waals surface area contributed by atoms with Crippen molar-refractivity contribution in [2.45, 2.75) is 19.5 Å². The average molecular weight is 493 g/mol. The van der Waals surface area contributed by atoms with Crippen LogP contribution in [0, 0.1) is 5.82 Å². The summed E-state index contributed by atoms with van der Waals surface area (Å²) in [7, 11) is 0. The number of anilines is 2. The zero-order valence-electron chi connectivity index (χ0n) is 18.6. The molecule has 0 saturated carbocycles. The Bertz CT molecular complexity index is 1450. The van der Waals surface area contributed by atoms with E-state index in [1.54, 1.807) is 24.3 Å². The molecule has 0 saturated heterocycles. The van der Waals surface area contributed by atoms with Gasteiger partial charge in [0.05, 0.1) is 19.5 Å². The van der Waals surface area contributed by atoms with E-state index in [0.29, 0.717) is 5.56 Å². The summed E-state index contributed by atoms with van der Waals surface area (Å²) in [5.41, 5.74) is 6.10. The topological polar surface area (TPSA) is 101 Å². The van der Waals surface area contributed by atoms with Gasteiger partial charge in [0.1, 0.15) is 11.6 Å². The smallest absolute Gasteiger partial charge is 0.330 e. The van der Waals surface area contributed by atoms with Gasteiger partial charge in [-0.25, -0.2) is 9.18 Å². The zero-order chi connectivity index (χ0) is 24.9. The van der Waals surface area contributed by atoms with Crippen LogP contribution in [0.25, 0.3) is 0 Å². The lowest BCUT2D eigenvalue weighted by atomic mass is 10.1. The average Bonchev–Trinajstić information content (AvgIpc) is 2.84. The third-order valence-electron chi connectivity index (χ3n) is 5.54. The molecular formula is C26H22ClFN4O3. The van der Waals surface area contributed by atoms with E-state index in [-0.39, 0.29) is 35.2 Å². The lowest BCUT2D eigenvalue weighted by Crippen LogP contribution is -2.41. The fourth-order valence-electron chi connectivity index (χ4n) is 3.77. The van der Waals surface area contributed by atoms with E-state index in [1.807, 2.05) is 36.4 Å². The summed E-state index contributed by atoms with van der Waals surface area (Å²) in [5.74, 6) is -1.42. The first kappa shape index (κ1) is 24.0. The second-order valence-electron chi connectivity index (χ2n) is 7.91. The summed E-state index contributed by atoms with van der Waals surface area (Å²) >= 11 is 6.13. The number of rotatable bonds is 7. The van der Waals surface area contributed by atoms with Crippen LogP contribution >= 0.6 is 11.6 Å². The largest absolute Gasteiger partial charge is 0.383 e. The quantitative estimate of drug-likeness (QED) is 0.410. The molecule has 4 rings (SSSR count). The standard InChI is InChI=1S/C26H22ClFN4O3/c27-20-12-7-13-21(28)19(20)14-22(33)31(15-17-8-3-1-4-9-17)23-24(29)32(26(35)30-25(23)34)16-18-10-5-2-6-11-18/h1-13H,14-16,29H2,(H,30,34,35). The number of carbonyl (C=O) groups excluding carboxylic acids is 1. The fraction of sp³-hybridized carbons (Fsp3) is 0.115. The number of nitrogens with two attached hydrogens (primary N) is 1. The molecule has 0 fully saturated rings. The summed E-state index contributed by atoms with van der Waals surface area (Å²) in [4.78, 5) is 42.5. The molecule has 1 aromatic heterocycles. The van der Waals surface area contributed by atoms with E-state index in [9.17, 15) is 18.8 Å². The van der Waals surface area contributed by atoms with Crippen LogP contribution in [0.5, 0.6) is 0 Å². The van der Waals surface area contributed by atoms with Crippen LogP contribution in [0.1, 0.15) is 16.7 Å². The van der Waals surface area contributed by atoms with Crippen LogP contribution < -0.4 is 21.9 Å². The van der Waals surface area contributed by atoms with Gasteiger partial charge in [0.2, 0.25) is 5.91 Å². The van der Waals surface area contributed by atoms with Crippen LogP contribution in [0.3, 0.4) is 0 Å². The summed E-state index contributed by atoms with van der Waals surface area (Å²) < 4.78 is 15.6. The Morgan fingerprint density at radius 2 is 1.57 bits per heavy atom. The van der Waals surface area contributed by atoms with Crippen molar-refractivity contribution in [3.8, 4) is 0 Å². The first-order chi connectivity index (χ1) is 16.8. The number of carbonyl (C=O) groups is 1. The summed E-state index contributed by atoms with van der Waals surface area (Å²) in [6, 6.07) is 22.2. The Hall–Kier alpha value is -4.17. The highest BCUT2D eigenvalue weighted by Gasteiger charge is 2.26. The maximum absolute atomic E-state index is 14.4. The molecule has 3 N–H and O–H groups in total. The van der Waals surface area contributed by atoms with E-state index in [1.165, 1.54) is 22.8 Å². The molecule has 0 aliphatic carbocycles. The van der Waals surface area contributed by atoms with Crippen molar-refractivity contribution >= 4 is 29.0 Å². The van der Waals surface area contributed by atoms with E-state index >= 15 is 0 Å². The highest BCUT2D eigenvalue weighted by atomic mass is 35.5. The molecule has 3 aromatic carbocycles. The van der Waals surface area contributed by atoms with Crippen LogP contribution in [-0.4, -0.2) is 15.5 Å². The summed E-state index contributed by atoms with van der Waals surface area (Å²) in [6.45, 7) is 0.0599. The molecule has 0 aliphatic rings. The molecule has 4 aromatic rings. The maximum atomic E-state index is 14.4. The van der Waals surface area contributed by atoms with Crippen molar-refractivity contribution in [1.29, 1.82) is 0 Å². The summed E-state index contributed by atoms with van der Waals surface area (Å²) in [6.07, 6.45) is -0.408. The minimum atomic E-state index is -0.819. The van der Waals surface area contributed by atoms with E-state index in [2.05, 4.69) is 4.98 Å². The van der Waals surface area contributed by atoms with E-state index < -0.39 is 29.4 Å². The number of hydrogen-bond donors (Lipinski definition) is 2. The van der Waals surface area contributed by atoms with Gasteiger partial charge in [-0.1, -0.05) is 78.3 Å². The number of aromatic nitrogens is 2. The van der Waals surface area contributed by atoms with Gasteiger partial charge in [-0.3, -0.25) is 24.0 Å². The molecule has 9 heteroatoms. The summed E-state index contributed by atoms with van der Waals surface area (Å²) in [5, 5.41) is 0.0916. The minimum absolute atomic E-state index is 0.00448. The molecule has 0 unspecified atom stereocenters. The number of nitrogens with zero attached hydrogens (tertiary/aromatic N) is 2. The molecular weight excluding hydrogens is 471 g/mol. The lowest BCUT2D eigenvalue weighted by Gasteiger charge is -2.25. The maximum Gasteiger partial charge on any atom is 0.330 e. The molecule has 0 atom stereocenters. The molecule has 178 valence electrons. The molecule has 1 heterocycles. The highest BCUT2D eigenvalue weighted by Crippen LogP contribution is 2.24. The fourth-order valence-corrected chi connectivity index (χ4v) is 4.00. The van der Waals surface area contributed by atoms with Gasteiger partial charge in [-0.2, -0.15) is 0 Å². The number of benzene rings is 3. The number of amides is 1. The predicted octanol–water partition coefficient (Wildman–Crippen LogP) is 3.74. The van der Waals surface area contributed by atoms with Gasteiger partial charge >= 0.3 is 5.69 Å². The van der Waals surface area contributed by atoms with Gasteiger partial charge in [0.15, 0.2) is 5.69 Å². The Morgan fingerprint density at radius 3 is 2.20 bits per heavy atom. The molecule has 1 amide bonds. The van der Waals surface area contributed by atoms with Crippen molar-refractivity contribution in [2.75, 3.05) is 10.6 Å². The molecule has 0 spiro atoms. The Labute approximate surface area is 205 Å². The number of hydrogen-bond acceptors (Lipinski definition) is 4. The number of H-pyrrole nitrogens is 1. The van der Waals surface area contributed by atoms with Gasteiger partial charge < -0.3 is 5.73 Å². The number of nitrogen functional groups attached to an aromatic ring is 1. The zero-order valence-corrected chi connectivity index (χ0v) is 19.3. The van der Waals surface area contributed by atoms with E-state index in [0.717, 1.165) is 10.5 Å². The molecule has 0 radical (unpaired) electrons. The normalized spacial score (nSPS) is 10.8. The number of nitrogens with one attached hydrogen (secondary N) is 1. The van der Waals surface area contributed by atoms with Crippen LogP contribution in [0.4, 0.5) is 15.9 Å². The minimum Gasteiger partial charge on any atom is -0.383 e. The molecule has 35 heavy (non-hydrogen) atoms. The highest BCUT2D eigenvalue weighted by molar-refractivity contribution is 6.31. The van der Waals surface area contributed by atoms with E-state index in [4.69, 9.17) is 17.3 Å². The van der Waals surface area contributed by atoms with Gasteiger partial charge in [0, 0.05) is 10.6 Å². The lowest BCUT2D eigenvalue weighted by molar-refractivity contribution is -0.118. The van der Waals surface area contributed by atoms with Crippen molar-refractivity contribution in [1.82, 2.24) is 9.55 Å². The van der Waals surface area contributed by atoms with Gasteiger partial charge in [-0.05, 0) is 23.3 Å². The predicted molar refractivity (Wildman–Crippen MR) is 134 cm³/mol. The second-order valence-corrected chi connectivity index (χ2v) is 8.31. The third-order valence-corrected chi connectivity index (χ3v) is 5.90. The third kappa shape index (κ3) is 5.33. The Balaban J connectivity index is 1.81. The van der Waals surface area contributed by atoms with Gasteiger partial charge in [0.25, 0.3) is 5.56 Å². The Kier molecular flexibility index (Phi) is 7.12. The monoisotopic (exact) mass is 492 g/mol. The van der Waals surface area contributed by atoms with Crippen molar-refractivity contribution in [3.05, 3.63) is 127 Å². The second kappa shape index (κ2) is 10.4. The first-order valence-corrected chi connectivity index (χ1v) is 11.2. The molecule has 7 nitrogen and oxygen atoms in total.